The van der Waals surface area contributed by atoms with Crippen molar-refractivity contribution in [3.8, 4) is 16.9 Å². The van der Waals surface area contributed by atoms with Crippen LogP contribution < -0.4 is 10.6 Å². The normalized spacial score (nSPS) is 10.6. The second-order valence-corrected chi connectivity index (χ2v) is 6.47. The van der Waals surface area contributed by atoms with Gasteiger partial charge in [-0.15, -0.1) is 0 Å². The standard InChI is InChI=1S/C21H17FN4OS/c22-16-10-8-15(9-11-16)20-19(14-26(25-20)17-5-2-1-3-6-17)24-21(28)23-13-18-7-4-12-27-18/h1-12,14H,13H2,(H2,23,24,28). The SMILES string of the molecule is Fc1ccc(-c2nn(-c3ccccc3)cc2NC(=S)NCc2ccco2)cc1. The second kappa shape index (κ2) is 8.06. The van der Waals surface area contributed by atoms with E-state index in [1.54, 1.807) is 23.1 Å². The third kappa shape index (κ3) is 4.10. The van der Waals surface area contributed by atoms with Crippen LogP contribution in [0.2, 0.25) is 0 Å². The lowest BCUT2D eigenvalue weighted by Gasteiger charge is -2.09. The Morgan fingerprint density at radius 1 is 1.04 bits per heavy atom. The largest absolute Gasteiger partial charge is 0.467 e. The van der Waals surface area contributed by atoms with E-state index < -0.39 is 0 Å². The Morgan fingerprint density at radius 2 is 1.82 bits per heavy atom. The van der Waals surface area contributed by atoms with Gasteiger partial charge in [0.1, 0.15) is 17.3 Å². The molecule has 28 heavy (non-hydrogen) atoms. The summed E-state index contributed by atoms with van der Waals surface area (Å²) in [6.45, 7) is 0.470. The van der Waals surface area contributed by atoms with Crippen molar-refractivity contribution >= 4 is 23.0 Å². The number of thiocarbonyl (C=S) groups is 1. The van der Waals surface area contributed by atoms with Crippen LogP contribution in [0.15, 0.2) is 83.6 Å². The van der Waals surface area contributed by atoms with Gasteiger partial charge in [-0.05, 0) is 60.7 Å². The Balaban J connectivity index is 1.61. The first-order valence-electron chi connectivity index (χ1n) is 8.67. The summed E-state index contributed by atoms with van der Waals surface area (Å²) in [6, 6.07) is 19.6. The smallest absolute Gasteiger partial charge is 0.171 e. The van der Waals surface area contributed by atoms with E-state index in [-0.39, 0.29) is 5.82 Å². The summed E-state index contributed by atoms with van der Waals surface area (Å²) in [7, 11) is 0. The molecule has 0 bridgehead atoms. The molecule has 0 saturated heterocycles. The lowest BCUT2D eigenvalue weighted by atomic mass is 10.1. The van der Waals surface area contributed by atoms with Crippen LogP contribution in [0.1, 0.15) is 5.76 Å². The lowest BCUT2D eigenvalue weighted by molar-refractivity contribution is 0.503. The summed E-state index contributed by atoms with van der Waals surface area (Å²) in [5.74, 6) is 0.485. The zero-order valence-corrected chi connectivity index (χ0v) is 15.6. The van der Waals surface area contributed by atoms with E-state index in [2.05, 4.69) is 15.7 Å². The molecule has 0 aliphatic rings. The minimum atomic E-state index is -0.295. The maximum Gasteiger partial charge on any atom is 0.171 e. The molecule has 2 heterocycles. The molecule has 4 aromatic rings. The molecule has 7 heteroatoms. The van der Waals surface area contributed by atoms with Gasteiger partial charge in [-0.2, -0.15) is 5.10 Å². The highest BCUT2D eigenvalue weighted by Gasteiger charge is 2.14. The fourth-order valence-electron chi connectivity index (χ4n) is 2.75. The van der Waals surface area contributed by atoms with Crippen molar-refractivity contribution in [3.05, 3.63) is 90.8 Å². The van der Waals surface area contributed by atoms with Crippen LogP contribution in [-0.4, -0.2) is 14.9 Å². The van der Waals surface area contributed by atoms with E-state index in [0.29, 0.717) is 23.0 Å². The lowest BCUT2D eigenvalue weighted by Crippen LogP contribution is -2.27. The molecule has 0 unspecified atom stereocenters. The zero-order chi connectivity index (χ0) is 19.3. The van der Waals surface area contributed by atoms with E-state index in [1.165, 1.54) is 12.1 Å². The van der Waals surface area contributed by atoms with Crippen molar-refractivity contribution in [1.82, 2.24) is 15.1 Å². The number of nitrogens with zero attached hydrogens (tertiary/aromatic N) is 2. The first kappa shape index (κ1) is 17.9. The molecule has 2 aromatic carbocycles. The Hall–Kier alpha value is -3.45. The minimum Gasteiger partial charge on any atom is -0.467 e. The number of para-hydroxylation sites is 1. The Morgan fingerprint density at radius 3 is 2.54 bits per heavy atom. The number of nitrogens with one attached hydrogen (secondary N) is 2. The molecule has 0 amide bonds. The van der Waals surface area contributed by atoms with Crippen molar-refractivity contribution in [2.45, 2.75) is 6.54 Å². The van der Waals surface area contributed by atoms with E-state index in [0.717, 1.165) is 17.0 Å². The molecule has 2 N–H and O–H groups in total. The number of benzene rings is 2. The summed E-state index contributed by atoms with van der Waals surface area (Å²) in [5, 5.41) is 11.4. The van der Waals surface area contributed by atoms with Crippen LogP contribution in [0.3, 0.4) is 0 Å². The summed E-state index contributed by atoms with van der Waals surface area (Å²) in [6.07, 6.45) is 3.47. The Labute approximate surface area is 166 Å². The van der Waals surface area contributed by atoms with E-state index in [4.69, 9.17) is 16.6 Å². The van der Waals surface area contributed by atoms with Crippen LogP contribution >= 0.6 is 12.2 Å². The third-order valence-corrected chi connectivity index (χ3v) is 4.35. The molecular formula is C21H17FN4OS. The van der Waals surface area contributed by atoms with Gasteiger partial charge in [0.25, 0.3) is 0 Å². The van der Waals surface area contributed by atoms with Gasteiger partial charge in [-0.25, -0.2) is 9.07 Å². The number of anilines is 1. The molecule has 0 aliphatic carbocycles. The highest BCUT2D eigenvalue weighted by atomic mass is 32.1. The van der Waals surface area contributed by atoms with Gasteiger partial charge >= 0.3 is 0 Å². The molecule has 0 spiro atoms. The van der Waals surface area contributed by atoms with Gasteiger partial charge in [-0.1, -0.05) is 18.2 Å². The molecule has 0 aliphatic heterocycles. The Kier molecular flexibility index (Phi) is 5.16. The molecule has 0 fully saturated rings. The maximum atomic E-state index is 13.3. The molecule has 140 valence electrons. The minimum absolute atomic E-state index is 0.295. The van der Waals surface area contributed by atoms with E-state index >= 15 is 0 Å². The number of hydrogen-bond donors (Lipinski definition) is 2. The number of rotatable bonds is 5. The van der Waals surface area contributed by atoms with Crippen LogP contribution in [-0.2, 0) is 6.54 Å². The van der Waals surface area contributed by atoms with Crippen LogP contribution in [0.4, 0.5) is 10.1 Å². The van der Waals surface area contributed by atoms with Gasteiger partial charge in [0, 0.05) is 5.56 Å². The quantitative estimate of drug-likeness (QED) is 0.480. The van der Waals surface area contributed by atoms with Crippen molar-refractivity contribution in [1.29, 1.82) is 0 Å². The molecule has 0 saturated carbocycles. The summed E-state index contributed by atoms with van der Waals surface area (Å²) in [4.78, 5) is 0. The number of halogens is 1. The summed E-state index contributed by atoms with van der Waals surface area (Å²) < 4.78 is 20.4. The molecule has 4 rings (SSSR count). The monoisotopic (exact) mass is 392 g/mol. The van der Waals surface area contributed by atoms with Crippen molar-refractivity contribution in [3.63, 3.8) is 0 Å². The summed E-state index contributed by atoms with van der Waals surface area (Å²) >= 11 is 5.40. The van der Waals surface area contributed by atoms with Gasteiger partial charge < -0.3 is 15.1 Å². The van der Waals surface area contributed by atoms with Gasteiger partial charge in [0.05, 0.1) is 30.4 Å². The van der Waals surface area contributed by atoms with Gasteiger partial charge in [0.15, 0.2) is 5.11 Å². The molecule has 5 nitrogen and oxygen atoms in total. The predicted molar refractivity (Wildman–Crippen MR) is 111 cm³/mol. The van der Waals surface area contributed by atoms with Gasteiger partial charge in [0.2, 0.25) is 0 Å². The molecule has 0 radical (unpaired) electrons. The summed E-state index contributed by atoms with van der Waals surface area (Å²) in [5.41, 5.74) is 3.08. The van der Waals surface area contributed by atoms with E-state index in [9.17, 15) is 4.39 Å². The highest BCUT2D eigenvalue weighted by molar-refractivity contribution is 7.80. The van der Waals surface area contributed by atoms with Crippen molar-refractivity contribution < 1.29 is 8.81 Å². The Bertz CT molecular complexity index is 1060. The van der Waals surface area contributed by atoms with Crippen molar-refractivity contribution in [2.75, 3.05) is 5.32 Å². The van der Waals surface area contributed by atoms with Crippen LogP contribution in [0.25, 0.3) is 16.9 Å². The second-order valence-electron chi connectivity index (χ2n) is 6.07. The molecule has 0 atom stereocenters. The van der Waals surface area contributed by atoms with Gasteiger partial charge in [-0.3, -0.25) is 0 Å². The average Bonchev–Trinajstić information content (AvgIpc) is 3.38. The van der Waals surface area contributed by atoms with Crippen LogP contribution in [0, 0.1) is 5.82 Å². The fourth-order valence-corrected chi connectivity index (χ4v) is 2.93. The number of aromatic nitrogens is 2. The number of hydrogen-bond acceptors (Lipinski definition) is 3. The molecule has 2 aromatic heterocycles. The number of furan rings is 1. The fraction of sp³-hybridized carbons (Fsp3) is 0.0476. The third-order valence-electron chi connectivity index (χ3n) is 4.10. The topological polar surface area (TPSA) is 55.0 Å². The first-order valence-corrected chi connectivity index (χ1v) is 9.08. The molecular weight excluding hydrogens is 375 g/mol. The van der Waals surface area contributed by atoms with Crippen LogP contribution in [0.5, 0.6) is 0 Å². The van der Waals surface area contributed by atoms with Crippen molar-refractivity contribution in [2.24, 2.45) is 0 Å². The first-order chi connectivity index (χ1) is 13.7. The van der Waals surface area contributed by atoms with E-state index in [1.807, 2.05) is 48.7 Å². The highest BCUT2D eigenvalue weighted by Crippen LogP contribution is 2.28. The zero-order valence-electron chi connectivity index (χ0n) is 14.8. The predicted octanol–water partition coefficient (Wildman–Crippen LogP) is 4.76. The average molecular weight is 392 g/mol. The maximum absolute atomic E-state index is 13.3.